The number of halogens is 1. The Morgan fingerprint density at radius 3 is 2.77 bits per heavy atom. The summed E-state index contributed by atoms with van der Waals surface area (Å²) in [6.07, 6.45) is 0. The molecule has 1 aromatic heterocycles. The van der Waals surface area contributed by atoms with E-state index in [0.29, 0.717) is 19.8 Å². The lowest BCUT2D eigenvalue weighted by Crippen LogP contribution is -3.14. The minimum atomic E-state index is -0.907. The number of nitrogens with one attached hydrogen (secondary N) is 1. The maximum absolute atomic E-state index is 14.7. The van der Waals surface area contributed by atoms with Crippen molar-refractivity contribution in [2.75, 3.05) is 32.8 Å². The Bertz CT molecular complexity index is 1100. The molecule has 3 N–H and O–H groups in total. The Labute approximate surface area is 173 Å². The molecule has 0 saturated carbocycles. The molecule has 30 heavy (non-hydrogen) atoms. The van der Waals surface area contributed by atoms with Gasteiger partial charge in [0, 0.05) is 17.3 Å². The van der Waals surface area contributed by atoms with E-state index < -0.39 is 11.7 Å². The molecule has 1 fully saturated rings. The normalized spacial score (nSPS) is 19.2. The van der Waals surface area contributed by atoms with Crippen molar-refractivity contribution < 1.29 is 18.8 Å². The van der Waals surface area contributed by atoms with Crippen LogP contribution in [0.4, 0.5) is 4.39 Å². The van der Waals surface area contributed by atoms with Crippen LogP contribution in [0, 0.1) is 24.1 Å². The van der Waals surface area contributed by atoms with E-state index in [1.54, 1.807) is 28.8 Å². The monoisotopic (exact) mass is 411 g/mol. The second-order valence-corrected chi connectivity index (χ2v) is 7.58. The van der Waals surface area contributed by atoms with Crippen molar-refractivity contribution in [2.24, 2.45) is 5.73 Å². The molecule has 0 amide bonds. The Hall–Kier alpha value is -3.15. The summed E-state index contributed by atoms with van der Waals surface area (Å²) in [6.45, 7) is 6.35. The van der Waals surface area contributed by atoms with E-state index >= 15 is 0 Å². The van der Waals surface area contributed by atoms with Gasteiger partial charge < -0.3 is 24.7 Å². The average molecular weight is 411 g/mol. The summed E-state index contributed by atoms with van der Waals surface area (Å²) in [5.41, 5.74) is 6.92. The Morgan fingerprint density at radius 1 is 1.33 bits per heavy atom. The van der Waals surface area contributed by atoms with E-state index in [1.807, 2.05) is 13.0 Å². The van der Waals surface area contributed by atoms with Gasteiger partial charge in [0.25, 0.3) is 5.56 Å². The summed E-state index contributed by atoms with van der Waals surface area (Å²) in [7, 11) is 0. The number of fused-ring (bicyclic) bond motifs is 1. The van der Waals surface area contributed by atoms with Gasteiger partial charge in [-0.3, -0.25) is 4.79 Å². The fraction of sp³-hybridized carbons (Fsp3) is 0.364. The number of hydrogen-bond donors (Lipinski definition) is 2. The van der Waals surface area contributed by atoms with Crippen molar-refractivity contribution in [1.82, 2.24) is 4.57 Å². The third-order valence-electron chi connectivity index (χ3n) is 5.80. The third-order valence-corrected chi connectivity index (χ3v) is 5.80. The first-order chi connectivity index (χ1) is 14.5. The maximum atomic E-state index is 14.7. The van der Waals surface area contributed by atoms with Crippen LogP contribution >= 0.6 is 0 Å². The van der Waals surface area contributed by atoms with Crippen LogP contribution in [0.1, 0.15) is 22.7 Å². The number of pyridine rings is 1. The summed E-state index contributed by atoms with van der Waals surface area (Å²) in [5, 5.41) is 9.68. The van der Waals surface area contributed by atoms with Crippen LogP contribution in [0.25, 0.3) is 0 Å². The largest absolute Gasteiger partial charge is 0.440 e. The number of aryl methyl sites for hydroxylation is 1. The first-order valence-electron chi connectivity index (χ1n) is 9.99. The number of nitriles is 1. The molecular formula is C22H24FN4O3+. The molecule has 8 heteroatoms. The van der Waals surface area contributed by atoms with Gasteiger partial charge in [-0.05, 0) is 13.0 Å². The van der Waals surface area contributed by atoms with Crippen LogP contribution in [0.2, 0.25) is 0 Å². The van der Waals surface area contributed by atoms with Gasteiger partial charge in [-0.1, -0.05) is 18.2 Å². The van der Waals surface area contributed by atoms with Crippen molar-refractivity contribution in [1.29, 1.82) is 5.26 Å². The number of nitrogens with zero attached hydrogens (tertiary/aromatic N) is 2. The molecular weight excluding hydrogens is 387 g/mol. The van der Waals surface area contributed by atoms with Gasteiger partial charge in [-0.25, -0.2) is 4.39 Å². The SMILES string of the molecule is Cc1cc2c(c(=O)n1CC[NH+]1CCOCC1)[C@H](c1ccccc1F)C(C#N)=C(N)O2. The molecule has 0 spiro atoms. The lowest BCUT2D eigenvalue weighted by Gasteiger charge is -2.28. The number of rotatable bonds is 4. The average Bonchev–Trinajstić information content (AvgIpc) is 2.74. The Balaban J connectivity index is 1.80. The number of hydrogen-bond acceptors (Lipinski definition) is 5. The third kappa shape index (κ3) is 3.58. The van der Waals surface area contributed by atoms with Crippen LogP contribution in [0.15, 0.2) is 46.6 Å². The smallest absolute Gasteiger partial charge is 0.258 e. The molecule has 1 saturated heterocycles. The molecule has 0 unspecified atom stereocenters. The van der Waals surface area contributed by atoms with E-state index in [2.05, 4.69) is 0 Å². The van der Waals surface area contributed by atoms with Crippen molar-refractivity contribution in [3.05, 3.63) is 74.8 Å². The highest BCUT2D eigenvalue weighted by molar-refractivity contribution is 5.55. The summed E-state index contributed by atoms with van der Waals surface area (Å²) >= 11 is 0. The molecule has 2 aromatic rings. The highest BCUT2D eigenvalue weighted by Gasteiger charge is 2.35. The highest BCUT2D eigenvalue weighted by atomic mass is 19.1. The van der Waals surface area contributed by atoms with E-state index in [9.17, 15) is 14.4 Å². The number of nitrogens with two attached hydrogens (primary N) is 1. The van der Waals surface area contributed by atoms with Gasteiger partial charge in [0.1, 0.15) is 36.3 Å². The lowest BCUT2D eigenvalue weighted by atomic mass is 9.83. The maximum Gasteiger partial charge on any atom is 0.258 e. The minimum Gasteiger partial charge on any atom is -0.440 e. The summed E-state index contributed by atoms with van der Waals surface area (Å²) < 4.78 is 27.4. The van der Waals surface area contributed by atoms with Crippen LogP contribution in [-0.2, 0) is 11.3 Å². The van der Waals surface area contributed by atoms with E-state index in [0.717, 1.165) is 25.3 Å². The second-order valence-electron chi connectivity index (χ2n) is 7.58. The van der Waals surface area contributed by atoms with Crippen molar-refractivity contribution in [2.45, 2.75) is 19.4 Å². The molecule has 0 bridgehead atoms. The van der Waals surface area contributed by atoms with Crippen LogP contribution in [0.5, 0.6) is 5.75 Å². The molecule has 1 atom stereocenters. The molecule has 3 heterocycles. The van der Waals surface area contributed by atoms with Gasteiger partial charge in [0.15, 0.2) is 0 Å². The topological polar surface area (TPSA) is 94.7 Å². The zero-order chi connectivity index (χ0) is 21.3. The van der Waals surface area contributed by atoms with E-state index in [-0.39, 0.29) is 33.9 Å². The molecule has 156 valence electrons. The van der Waals surface area contributed by atoms with Crippen LogP contribution in [0.3, 0.4) is 0 Å². The highest BCUT2D eigenvalue weighted by Crippen LogP contribution is 2.41. The lowest BCUT2D eigenvalue weighted by molar-refractivity contribution is -0.908. The number of aromatic nitrogens is 1. The van der Waals surface area contributed by atoms with Gasteiger partial charge >= 0.3 is 0 Å². The number of benzene rings is 1. The van der Waals surface area contributed by atoms with Crippen LogP contribution < -0.4 is 20.9 Å². The van der Waals surface area contributed by atoms with Crippen molar-refractivity contribution in [3.63, 3.8) is 0 Å². The van der Waals surface area contributed by atoms with Crippen molar-refractivity contribution in [3.8, 4) is 11.8 Å². The van der Waals surface area contributed by atoms with E-state index in [1.165, 1.54) is 11.0 Å². The predicted octanol–water partition coefficient (Wildman–Crippen LogP) is 0.429. The van der Waals surface area contributed by atoms with Gasteiger partial charge in [0.2, 0.25) is 5.88 Å². The summed E-state index contributed by atoms with van der Waals surface area (Å²) in [6, 6.07) is 9.87. The molecule has 1 aromatic carbocycles. The number of ether oxygens (including phenoxy) is 2. The minimum absolute atomic E-state index is 0.0407. The molecule has 7 nitrogen and oxygen atoms in total. The molecule has 2 aliphatic rings. The van der Waals surface area contributed by atoms with Gasteiger partial charge in [-0.2, -0.15) is 5.26 Å². The molecule has 0 radical (unpaired) electrons. The zero-order valence-corrected chi connectivity index (χ0v) is 16.8. The quantitative estimate of drug-likeness (QED) is 0.761. The predicted molar refractivity (Wildman–Crippen MR) is 108 cm³/mol. The first-order valence-corrected chi connectivity index (χ1v) is 9.99. The molecule has 4 rings (SSSR count). The summed E-state index contributed by atoms with van der Waals surface area (Å²) in [4.78, 5) is 14.9. The fourth-order valence-corrected chi connectivity index (χ4v) is 4.16. The van der Waals surface area contributed by atoms with Crippen LogP contribution in [-0.4, -0.2) is 37.4 Å². The zero-order valence-electron chi connectivity index (χ0n) is 16.8. The molecule has 2 aliphatic heterocycles. The van der Waals surface area contributed by atoms with Gasteiger partial charge in [0.05, 0.1) is 37.8 Å². The number of allylic oxidation sites excluding steroid dienone is 1. The van der Waals surface area contributed by atoms with Gasteiger partial charge in [-0.15, -0.1) is 0 Å². The first kappa shape index (κ1) is 20.1. The van der Waals surface area contributed by atoms with E-state index in [4.69, 9.17) is 15.2 Å². The number of morpholine rings is 1. The second kappa shape index (κ2) is 8.30. The Morgan fingerprint density at radius 2 is 2.07 bits per heavy atom. The van der Waals surface area contributed by atoms with Crippen molar-refractivity contribution >= 4 is 0 Å². The summed E-state index contributed by atoms with van der Waals surface area (Å²) in [5.74, 6) is -1.24. The number of quaternary nitrogens is 1. The standard InChI is InChI=1S/C22H23FN4O3/c1-14-12-18-20(22(28)27(14)7-6-26-8-10-29-11-9-26)19(16(13-24)21(25)30-18)15-4-2-3-5-17(15)23/h2-5,12,19H,6-11,25H2,1H3/p+1/t19-/m1/s1. The fourth-order valence-electron chi connectivity index (χ4n) is 4.16. The Kier molecular flexibility index (Phi) is 5.57. The molecule has 0 aliphatic carbocycles.